The highest BCUT2D eigenvalue weighted by Crippen LogP contribution is 2.11. The SMILES string of the molecule is CCCCCCC(C)OCCC(C)CCCl. The Morgan fingerprint density at radius 3 is 2.38 bits per heavy atom. The zero-order valence-corrected chi connectivity index (χ0v) is 12.1. The molecule has 0 radical (unpaired) electrons. The topological polar surface area (TPSA) is 9.23 Å². The summed E-state index contributed by atoms with van der Waals surface area (Å²) >= 11 is 5.70. The molecule has 0 aromatic carbocycles. The van der Waals surface area contributed by atoms with Gasteiger partial charge in [0.25, 0.3) is 0 Å². The van der Waals surface area contributed by atoms with E-state index in [1.807, 2.05) is 0 Å². The summed E-state index contributed by atoms with van der Waals surface area (Å²) in [6.07, 6.45) is 9.23. The molecule has 0 aliphatic carbocycles. The van der Waals surface area contributed by atoms with E-state index in [4.69, 9.17) is 16.3 Å². The van der Waals surface area contributed by atoms with Gasteiger partial charge in [-0.3, -0.25) is 0 Å². The molecule has 0 amide bonds. The molecular weight excluding hydrogens is 220 g/mol. The molecular formula is C14H29ClO. The molecule has 0 spiro atoms. The van der Waals surface area contributed by atoms with Crippen molar-refractivity contribution in [3.05, 3.63) is 0 Å². The van der Waals surface area contributed by atoms with E-state index in [-0.39, 0.29) is 0 Å². The van der Waals surface area contributed by atoms with Crippen LogP contribution in [0.15, 0.2) is 0 Å². The highest BCUT2D eigenvalue weighted by molar-refractivity contribution is 6.17. The van der Waals surface area contributed by atoms with Crippen molar-refractivity contribution in [3.63, 3.8) is 0 Å². The lowest BCUT2D eigenvalue weighted by molar-refractivity contribution is 0.0504. The molecule has 0 aromatic heterocycles. The van der Waals surface area contributed by atoms with Crippen LogP contribution in [0, 0.1) is 5.92 Å². The number of alkyl halides is 1. The van der Waals surface area contributed by atoms with Crippen LogP contribution in [0.4, 0.5) is 0 Å². The fourth-order valence-electron chi connectivity index (χ4n) is 1.74. The van der Waals surface area contributed by atoms with Crippen molar-refractivity contribution in [2.45, 2.75) is 71.8 Å². The fourth-order valence-corrected chi connectivity index (χ4v) is 2.12. The molecule has 0 saturated carbocycles. The van der Waals surface area contributed by atoms with Gasteiger partial charge in [0.15, 0.2) is 0 Å². The van der Waals surface area contributed by atoms with Crippen LogP contribution in [0.3, 0.4) is 0 Å². The lowest BCUT2D eigenvalue weighted by atomic mass is 10.1. The van der Waals surface area contributed by atoms with E-state index in [9.17, 15) is 0 Å². The number of unbranched alkanes of at least 4 members (excludes halogenated alkanes) is 3. The van der Waals surface area contributed by atoms with Crippen LogP contribution in [-0.4, -0.2) is 18.6 Å². The second kappa shape index (κ2) is 11.7. The van der Waals surface area contributed by atoms with Crippen LogP contribution < -0.4 is 0 Å². The number of hydrogen-bond acceptors (Lipinski definition) is 1. The van der Waals surface area contributed by atoms with E-state index in [0.29, 0.717) is 12.0 Å². The molecule has 2 atom stereocenters. The molecule has 0 heterocycles. The van der Waals surface area contributed by atoms with Crippen molar-refractivity contribution in [1.82, 2.24) is 0 Å². The standard InChI is InChI=1S/C14H29ClO/c1-4-5-6-7-8-14(3)16-12-10-13(2)9-11-15/h13-14H,4-12H2,1-3H3. The van der Waals surface area contributed by atoms with Gasteiger partial charge in [-0.05, 0) is 32.1 Å². The van der Waals surface area contributed by atoms with E-state index < -0.39 is 0 Å². The molecule has 0 rings (SSSR count). The summed E-state index contributed by atoms with van der Waals surface area (Å²) in [5.41, 5.74) is 0. The zero-order chi connectivity index (χ0) is 12.2. The van der Waals surface area contributed by atoms with Gasteiger partial charge in [-0.1, -0.05) is 39.5 Å². The predicted octanol–water partition coefficient (Wildman–Crippen LogP) is 5.02. The first-order valence-corrected chi connectivity index (χ1v) is 7.41. The maximum atomic E-state index is 5.80. The van der Waals surface area contributed by atoms with Crippen LogP contribution in [0.25, 0.3) is 0 Å². The minimum atomic E-state index is 0.431. The van der Waals surface area contributed by atoms with E-state index in [2.05, 4.69) is 20.8 Å². The average molecular weight is 249 g/mol. The second-order valence-corrected chi connectivity index (χ2v) is 5.28. The molecule has 0 bridgehead atoms. The van der Waals surface area contributed by atoms with Crippen LogP contribution in [0.2, 0.25) is 0 Å². The molecule has 0 N–H and O–H groups in total. The molecule has 0 aromatic rings. The summed E-state index contributed by atoms with van der Waals surface area (Å²) in [5, 5.41) is 0. The Kier molecular flexibility index (Phi) is 11.9. The van der Waals surface area contributed by atoms with Gasteiger partial charge in [-0.2, -0.15) is 0 Å². The van der Waals surface area contributed by atoms with Gasteiger partial charge in [0.05, 0.1) is 6.10 Å². The maximum absolute atomic E-state index is 5.80. The smallest absolute Gasteiger partial charge is 0.0547 e. The minimum absolute atomic E-state index is 0.431. The molecule has 2 heteroatoms. The van der Waals surface area contributed by atoms with E-state index in [1.165, 1.54) is 32.1 Å². The Balaban J connectivity index is 3.26. The van der Waals surface area contributed by atoms with Crippen molar-refractivity contribution in [2.24, 2.45) is 5.92 Å². The van der Waals surface area contributed by atoms with Crippen LogP contribution in [0.5, 0.6) is 0 Å². The van der Waals surface area contributed by atoms with E-state index in [1.54, 1.807) is 0 Å². The Morgan fingerprint density at radius 2 is 1.75 bits per heavy atom. The second-order valence-electron chi connectivity index (χ2n) is 4.90. The largest absolute Gasteiger partial charge is 0.379 e. The van der Waals surface area contributed by atoms with Gasteiger partial charge in [0.2, 0.25) is 0 Å². The number of ether oxygens (including phenoxy) is 1. The summed E-state index contributed by atoms with van der Waals surface area (Å²) in [4.78, 5) is 0. The van der Waals surface area contributed by atoms with Gasteiger partial charge >= 0.3 is 0 Å². The summed E-state index contributed by atoms with van der Waals surface area (Å²) < 4.78 is 5.80. The quantitative estimate of drug-likeness (QED) is 0.369. The molecule has 2 unspecified atom stereocenters. The predicted molar refractivity (Wildman–Crippen MR) is 73.3 cm³/mol. The normalized spacial score (nSPS) is 15.0. The lowest BCUT2D eigenvalue weighted by Gasteiger charge is -2.15. The summed E-state index contributed by atoms with van der Waals surface area (Å²) in [7, 11) is 0. The maximum Gasteiger partial charge on any atom is 0.0547 e. The van der Waals surface area contributed by atoms with Crippen molar-refractivity contribution in [1.29, 1.82) is 0 Å². The number of hydrogen-bond donors (Lipinski definition) is 0. The van der Waals surface area contributed by atoms with Crippen LogP contribution in [-0.2, 0) is 4.74 Å². The Labute approximate surface area is 107 Å². The van der Waals surface area contributed by atoms with Crippen LogP contribution in [0.1, 0.15) is 65.7 Å². The average Bonchev–Trinajstić information content (AvgIpc) is 2.25. The van der Waals surface area contributed by atoms with Gasteiger partial charge in [0, 0.05) is 12.5 Å². The monoisotopic (exact) mass is 248 g/mol. The van der Waals surface area contributed by atoms with Gasteiger partial charge in [-0.25, -0.2) is 0 Å². The summed E-state index contributed by atoms with van der Waals surface area (Å²) in [5.74, 6) is 1.47. The summed E-state index contributed by atoms with van der Waals surface area (Å²) in [6.45, 7) is 7.58. The van der Waals surface area contributed by atoms with E-state index in [0.717, 1.165) is 25.3 Å². The third-order valence-corrected chi connectivity index (χ3v) is 3.30. The highest BCUT2D eigenvalue weighted by atomic mass is 35.5. The van der Waals surface area contributed by atoms with Crippen molar-refractivity contribution in [2.75, 3.05) is 12.5 Å². The van der Waals surface area contributed by atoms with Crippen molar-refractivity contribution in [3.8, 4) is 0 Å². The number of halogens is 1. The molecule has 98 valence electrons. The van der Waals surface area contributed by atoms with Crippen molar-refractivity contribution >= 4 is 11.6 Å². The third-order valence-electron chi connectivity index (χ3n) is 3.08. The van der Waals surface area contributed by atoms with Gasteiger partial charge < -0.3 is 4.74 Å². The first-order valence-electron chi connectivity index (χ1n) is 6.88. The molecule has 16 heavy (non-hydrogen) atoms. The van der Waals surface area contributed by atoms with E-state index >= 15 is 0 Å². The minimum Gasteiger partial charge on any atom is -0.379 e. The number of rotatable bonds is 11. The Morgan fingerprint density at radius 1 is 1.00 bits per heavy atom. The Hall–Kier alpha value is 0.250. The lowest BCUT2D eigenvalue weighted by Crippen LogP contribution is -2.11. The molecule has 0 aliphatic heterocycles. The van der Waals surface area contributed by atoms with Crippen LogP contribution >= 0.6 is 11.6 Å². The third kappa shape index (κ3) is 10.8. The summed E-state index contributed by atoms with van der Waals surface area (Å²) in [6, 6.07) is 0. The molecule has 0 fully saturated rings. The van der Waals surface area contributed by atoms with Gasteiger partial charge in [-0.15, -0.1) is 11.6 Å². The molecule has 1 nitrogen and oxygen atoms in total. The Bertz CT molecular complexity index is 139. The molecule has 0 saturated heterocycles. The van der Waals surface area contributed by atoms with Gasteiger partial charge in [0.1, 0.15) is 0 Å². The first kappa shape index (κ1) is 16.2. The first-order chi connectivity index (χ1) is 7.70. The fraction of sp³-hybridized carbons (Fsp3) is 1.00. The highest BCUT2D eigenvalue weighted by Gasteiger charge is 2.04. The molecule has 0 aliphatic rings. The van der Waals surface area contributed by atoms with Crippen molar-refractivity contribution < 1.29 is 4.74 Å². The zero-order valence-electron chi connectivity index (χ0n) is 11.3.